The largest absolute Gasteiger partial charge is 0.383 e. The molecule has 0 saturated heterocycles. The van der Waals surface area contributed by atoms with Crippen molar-refractivity contribution in [3.8, 4) is 0 Å². The number of methoxy groups -OCH3 is 1. The molecule has 0 unspecified atom stereocenters. The van der Waals surface area contributed by atoms with E-state index in [2.05, 4.69) is 9.89 Å². The summed E-state index contributed by atoms with van der Waals surface area (Å²) in [7, 11) is 3.73. The molecule has 0 N–H and O–H groups in total. The third-order valence-corrected chi connectivity index (χ3v) is 1.66. The van der Waals surface area contributed by atoms with E-state index in [1.165, 1.54) is 0 Å². The van der Waals surface area contributed by atoms with Gasteiger partial charge in [-0.3, -0.25) is 4.99 Å². The van der Waals surface area contributed by atoms with Crippen molar-refractivity contribution in [1.82, 2.24) is 4.90 Å². The summed E-state index contributed by atoms with van der Waals surface area (Å²) in [5.41, 5.74) is 0. The van der Waals surface area contributed by atoms with Gasteiger partial charge in [0.05, 0.1) is 6.61 Å². The zero-order chi connectivity index (χ0) is 10.1. The van der Waals surface area contributed by atoms with Gasteiger partial charge in [-0.15, -0.1) is 0 Å². The Hall–Kier alpha value is -0.830. The maximum Gasteiger partial charge on any atom is 0.122 e. The summed E-state index contributed by atoms with van der Waals surface area (Å²) in [6, 6.07) is 0. The van der Waals surface area contributed by atoms with Gasteiger partial charge in [0.25, 0.3) is 0 Å². The van der Waals surface area contributed by atoms with Gasteiger partial charge in [-0.1, -0.05) is 6.08 Å². The van der Waals surface area contributed by atoms with Crippen molar-refractivity contribution in [2.45, 2.75) is 13.8 Å². The highest BCUT2D eigenvalue weighted by Crippen LogP contribution is 1.91. The topological polar surface area (TPSA) is 24.8 Å². The Labute approximate surface area is 81.1 Å². The molecule has 0 aliphatic rings. The van der Waals surface area contributed by atoms with Crippen LogP contribution in [0.3, 0.4) is 0 Å². The highest BCUT2D eigenvalue weighted by atomic mass is 16.5. The Balaban J connectivity index is 4.11. The second-order valence-corrected chi connectivity index (χ2v) is 2.75. The number of hydrogen-bond donors (Lipinski definition) is 0. The average Bonchev–Trinajstić information content (AvgIpc) is 2.14. The zero-order valence-electron chi connectivity index (χ0n) is 9.08. The Bertz CT molecular complexity index is 176. The molecule has 76 valence electrons. The highest BCUT2D eigenvalue weighted by Gasteiger charge is 2.00. The molecular weight excluding hydrogens is 164 g/mol. The standard InChI is InChI=1S/C10H20N2O/c1-5-7-10(11-6-2)12(3)8-9-13-4/h5,7H,6,8-9H2,1-4H3/b7-5-,11-10?. The normalized spacial score (nSPS) is 12.5. The van der Waals surface area contributed by atoms with E-state index in [9.17, 15) is 0 Å². The minimum absolute atomic E-state index is 0.733. The van der Waals surface area contributed by atoms with Gasteiger partial charge < -0.3 is 9.64 Å². The van der Waals surface area contributed by atoms with E-state index >= 15 is 0 Å². The molecule has 0 amide bonds. The molecule has 0 aromatic rings. The first-order valence-corrected chi connectivity index (χ1v) is 4.63. The lowest BCUT2D eigenvalue weighted by atomic mass is 10.4. The van der Waals surface area contributed by atoms with Gasteiger partial charge in [0.2, 0.25) is 0 Å². The molecular formula is C10H20N2O. The maximum absolute atomic E-state index is 5.00. The molecule has 0 saturated carbocycles. The summed E-state index contributed by atoms with van der Waals surface area (Å²) >= 11 is 0. The SMILES string of the molecule is C/C=C\C(=NCC)N(C)CCOC. The van der Waals surface area contributed by atoms with Crippen LogP contribution in [0, 0.1) is 0 Å². The molecule has 0 radical (unpaired) electrons. The number of allylic oxidation sites excluding steroid dienone is 1. The van der Waals surface area contributed by atoms with Gasteiger partial charge in [0.15, 0.2) is 0 Å². The number of hydrogen-bond acceptors (Lipinski definition) is 2. The molecule has 0 aromatic carbocycles. The predicted octanol–water partition coefficient (Wildman–Crippen LogP) is 1.56. The van der Waals surface area contributed by atoms with Crippen LogP contribution in [0.15, 0.2) is 17.1 Å². The van der Waals surface area contributed by atoms with Crippen LogP contribution in [0.2, 0.25) is 0 Å². The number of nitrogens with zero attached hydrogens (tertiary/aromatic N) is 2. The lowest BCUT2D eigenvalue weighted by Crippen LogP contribution is -2.28. The van der Waals surface area contributed by atoms with E-state index in [4.69, 9.17) is 4.74 Å². The van der Waals surface area contributed by atoms with Crippen molar-refractivity contribution in [3.05, 3.63) is 12.2 Å². The molecule has 0 atom stereocenters. The first-order chi connectivity index (χ1) is 6.26. The second-order valence-electron chi connectivity index (χ2n) is 2.75. The quantitative estimate of drug-likeness (QED) is 0.478. The van der Waals surface area contributed by atoms with Crippen LogP contribution in [-0.4, -0.2) is 44.6 Å². The number of likely N-dealkylation sites (N-methyl/N-ethyl adjacent to an activating group) is 1. The van der Waals surface area contributed by atoms with Gasteiger partial charge in [0, 0.05) is 27.2 Å². The van der Waals surface area contributed by atoms with Crippen molar-refractivity contribution in [1.29, 1.82) is 0 Å². The molecule has 0 rings (SSSR count). The monoisotopic (exact) mass is 184 g/mol. The van der Waals surface area contributed by atoms with Gasteiger partial charge in [0.1, 0.15) is 5.84 Å². The number of rotatable bonds is 5. The lowest BCUT2D eigenvalue weighted by molar-refractivity contribution is 0.183. The molecule has 0 fully saturated rings. The molecule has 3 heteroatoms. The zero-order valence-corrected chi connectivity index (χ0v) is 9.08. The van der Waals surface area contributed by atoms with Gasteiger partial charge in [-0.2, -0.15) is 0 Å². The molecule has 0 aliphatic carbocycles. The Kier molecular flexibility index (Phi) is 7.30. The lowest BCUT2D eigenvalue weighted by Gasteiger charge is -2.18. The fraction of sp³-hybridized carbons (Fsp3) is 0.700. The van der Waals surface area contributed by atoms with Crippen LogP contribution < -0.4 is 0 Å². The molecule has 0 aliphatic heterocycles. The second kappa shape index (κ2) is 7.80. The van der Waals surface area contributed by atoms with E-state index in [1.807, 2.05) is 33.0 Å². The van der Waals surface area contributed by atoms with Gasteiger partial charge in [-0.05, 0) is 19.9 Å². The summed E-state index contributed by atoms with van der Waals surface area (Å²) in [5.74, 6) is 1.02. The van der Waals surface area contributed by atoms with Gasteiger partial charge >= 0.3 is 0 Å². The number of ether oxygens (including phenoxy) is 1. The number of aliphatic imine (C=N–C) groups is 1. The highest BCUT2D eigenvalue weighted by molar-refractivity contribution is 5.92. The van der Waals surface area contributed by atoms with E-state index < -0.39 is 0 Å². The molecule has 13 heavy (non-hydrogen) atoms. The third-order valence-electron chi connectivity index (χ3n) is 1.66. The summed E-state index contributed by atoms with van der Waals surface area (Å²) < 4.78 is 5.00. The molecule has 0 heterocycles. The van der Waals surface area contributed by atoms with E-state index in [1.54, 1.807) is 7.11 Å². The number of amidine groups is 1. The third kappa shape index (κ3) is 5.42. The van der Waals surface area contributed by atoms with E-state index in [0.29, 0.717) is 0 Å². The first-order valence-electron chi connectivity index (χ1n) is 4.63. The van der Waals surface area contributed by atoms with Crippen LogP contribution in [0.5, 0.6) is 0 Å². The first kappa shape index (κ1) is 12.2. The van der Waals surface area contributed by atoms with Gasteiger partial charge in [-0.25, -0.2) is 0 Å². The van der Waals surface area contributed by atoms with Crippen molar-refractivity contribution < 1.29 is 4.74 Å². The van der Waals surface area contributed by atoms with Crippen molar-refractivity contribution in [2.75, 3.05) is 33.9 Å². The molecule has 3 nitrogen and oxygen atoms in total. The summed E-state index contributed by atoms with van der Waals surface area (Å²) in [6.07, 6.45) is 4.01. The Morgan fingerprint density at radius 3 is 2.69 bits per heavy atom. The van der Waals surface area contributed by atoms with Crippen LogP contribution in [0.4, 0.5) is 0 Å². The summed E-state index contributed by atoms with van der Waals surface area (Å²) in [5, 5.41) is 0. The molecule has 0 spiro atoms. The maximum atomic E-state index is 5.00. The van der Waals surface area contributed by atoms with E-state index in [-0.39, 0.29) is 0 Å². The average molecular weight is 184 g/mol. The molecule has 0 aromatic heterocycles. The van der Waals surface area contributed by atoms with Crippen molar-refractivity contribution >= 4 is 5.84 Å². The minimum atomic E-state index is 0.733. The fourth-order valence-corrected chi connectivity index (χ4v) is 0.954. The fourth-order valence-electron chi connectivity index (χ4n) is 0.954. The summed E-state index contributed by atoms with van der Waals surface area (Å²) in [4.78, 5) is 6.46. The molecule has 0 bridgehead atoms. The van der Waals surface area contributed by atoms with E-state index in [0.717, 1.165) is 25.5 Å². The van der Waals surface area contributed by atoms with Crippen LogP contribution in [0.1, 0.15) is 13.8 Å². The van der Waals surface area contributed by atoms with Crippen LogP contribution in [0.25, 0.3) is 0 Å². The van der Waals surface area contributed by atoms with Crippen molar-refractivity contribution in [2.24, 2.45) is 4.99 Å². The summed E-state index contributed by atoms with van der Waals surface area (Å²) in [6.45, 7) is 6.45. The Morgan fingerprint density at radius 2 is 2.23 bits per heavy atom. The Morgan fingerprint density at radius 1 is 1.54 bits per heavy atom. The van der Waals surface area contributed by atoms with Crippen LogP contribution in [-0.2, 0) is 4.74 Å². The predicted molar refractivity (Wildman–Crippen MR) is 57.3 cm³/mol. The van der Waals surface area contributed by atoms with Crippen LogP contribution >= 0.6 is 0 Å². The smallest absolute Gasteiger partial charge is 0.122 e. The minimum Gasteiger partial charge on any atom is -0.383 e. The van der Waals surface area contributed by atoms with Crippen molar-refractivity contribution in [3.63, 3.8) is 0 Å².